The number of nitrogens with one attached hydrogen (secondary N) is 2. The number of rotatable bonds is 7. The van der Waals surface area contributed by atoms with Gasteiger partial charge in [-0.2, -0.15) is 0 Å². The minimum absolute atomic E-state index is 0.115. The van der Waals surface area contributed by atoms with Crippen LogP contribution in [0.5, 0.6) is 5.75 Å². The van der Waals surface area contributed by atoms with Gasteiger partial charge in [-0.3, -0.25) is 19.5 Å². The van der Waals surface area contributed by atoms with Crippen molar-refractivity contribution in [2.45, 2.75) is 25.8 Å². The van der Waals surface area contributed by atoms with Gasteiger partial charge in [-0.05, 0) is 37.1 Å². The third kappa shape index (κ3) is 5.24. The first-order valence-corrected chi connectivity index (χ1v) is 12.7. The lowest BCUT2D eigenvalue weighted by Crippen LogP contribution is -2.38. The van der Waals surface area contributed by atoms with Crippen molar-refractivity contribution < 1.29 is 14.3 Å². The van der Waals surface area contributed by atoms with E-state index < -0.39 is 0 Å². The summed E-state index contributed by atoms with van der Waals surface area (Å²) in [7, 11) is 1.56. The monoisotopic (exact) mass is 507 g/mol. The lowest BCUT2D eigenvalue weighted by molar-refractivity contribution is -0.128. The zero-order valence-electron chi connectivity index (χ0n) is 20.3. The zero-order valence-corrected chi connectivity index (χ0v) is 21.1. The number of para-hydroxylation sites is 1. The first-order valence-electron chi connectivity index (χ1n) is 12.3. The van der Waals surface area contributed by atoms with Crippen LogP contribution in [0.15, 0.2) is 42.5 Å². The fraction of sp³-hybridized carbons (Fsp3) is 0.370. The summed E-state index contributed by atoms with van der Waals surface area (Å²) in [5.41, 5.74) is 4.44. The molecule has 1 saturated heterocycles. The summed E-state index contributed by atoms with van der Waals surface area (Å²) in [6.07, 6.45) is 2.86. The highest BCUT2D eigenvalue weighted by atomic mass is 35.5. The molecule has 0 unspecified atom stereocenters. The van der Waals surface area contributed by atoms with Crippen LogP contribution in [0.1, 0.15) is 24.1 Å². The largest absolute Gasteiger partial charge is 0.495 e. The maximum atomic E-state index is 12.9. The fourth-order valence-corrected chi connectivity index (χ4v) is 5.17. The highest BCUT2D eigenvalue weighted by Gasteiger charge is 2.25. The van der Waals surface area contributed by atoms with Crippen molar-refractivity contribution in [1.29, 1.82) is 0 Å². The second kappa shape index (κ2) is 10.7. The van der Waals surface area contributed by atoms with Crippen molar-refractivity contribution >= 4 is 45.7 Å². The standard InChI is InChI=1S/C27H30ClN5O3/c1-36-24-9-8-18(28)14-23(24)31-25(34)17-32-13-10-22-20(16-32)27(19-6-2-3-7-21(19)30-22)29-15-26(35)33-11-4-5-12-33/h2-3,6-9,14H,4-5,10-13,15-17H2,1H3,(H,29,30)(H,31,34). The Bertz CT molecular complexity index is 1290. The summed E-state index contributed by atoms with van der Waals surface area (Å²) < 4.78 is 5.34. The average molecular weight is 508 g/mol. The Morgan fingerprint density at radius 2 is 1.92 bits per heavy atom. The first kappa shape index (κ1) is 24.3. The molecule has 1 fully saturated rings. The van der Waals surface area contributed by atoms with Crippen molar-refractivity contribution in [3.8, 4) is 5.75 Å². The smallest absolute Gasteiger partial charge is 0.241 e. The molecule has 5 rings (SSSR count). The quantitative estimate of drug-likeness (QED) is 0.504. The van der Waals surface area contributed by atoms with E-state index in [1.54, 1.807) is 25.3 Å². The molecule has 3 heterocycles. The lowest BCUT2D eigenvalue weighted by Gasteiger charge is -2.30. The fourth-order valence-electron chi connectivity index (χ4n) is 5.00. The molecule has 2 aliphatic rings. The molecule has 0 bridgehead atoms. The van der Waals surface area contributed by atoms with E-state index in [0.717, 1.165) is 60.2 Å². The molecule has 188 valence electrons. The Labute approximate surface area is 215 Å². The molecule has 9 heteroatoms. The van der Waals surface area contributed by atoms with E-state index in [2.05, 4.69) is 15.5 Å². The Morgan fingerprint density at radius 3 is 2.72 bits per heavy atom. The van der Waals surface area contributed by atoms with E-state index in [1.165, 1.54) is 0 Å². The number of amides is 2. The number of hydrogen-bond donors (Lipinski definition) is 2. The van der Waals surface area contributed by atoms with Crippen molar-refractivity contribution in [2.24, 2.45) is 0 Å². The molecule has 1 aromatic heterocycles. The summed E-state index contributed by atoms with van der Waals surface area (Å²) in [5.74, 6) is 0.526. The number of pyridine rings is 1. The van der Waals surface area contributed by atoms with Crippen LogP contribution in [0, 0.1) is 0 Å². The van der Waals surface area contributed by atoms with E-state index in [9.17, 15) is 9.59 Å². The second-order valence-electron chi connectivity index (χ2n) is 9.22. The first-order chi connectivity index (χ1) is 17.5. The van der Waals surface area contributed by atoms with Crippen molar-refractivity contribution in [1.82, 2.24) is 14.8 Å². The molecular weight excluding hydrogens is 478 g/mol. The molecule has 0 spiro atoms. The van der Waals surface area contributed by atoms with Gasteiger partial charge in [0.1, 0.15) is 5.75 Å². The van der Waals surface area contributed by atoms with Crippen LogP contribution in [0.3, 0.4) is 0 Å². The molecule has 8 nitrogen and oxygen atoms in total. The van der Waals surface area contributed by atoms with Gasteiger partial charge in [0, 0.05) is 54.3 Å². The predicted molar refractivity (Wildman–Crippen MR) is 142 cm³/mol. The molecule has 0 aliphatic carbocycles. The van der Waals surface area contributed by atoms with Gasteiger partial charge in [0.05, 0.1) is 37.1 Å². The van der Waals surface area contributed by atoms with Gasteiger partial charge in [-0.25, -0.2) is 0 Å². The highest BCUT2D eigenvalue weighted by molar-refractivity contribution is 6.31. The van der Waals surface area contributed by atoms with Gasteiger partial charge in [0.2, 0.25) is 11.8 Å². The molecule has 3 aromatic rings. The third-order valence-corrected chi connectivity index (χ3v) is 7.04. The van der Waals surface area contributed by atoms with Crippen LogP contribution >= 0.6 is 11.6 Å². The highest BCUT2D eigenvalue weighted by Crippen LogP contribution is 2.33. The Morgan fingerprint density at radius 1 is 1.11 bits per heavy atom. The van der Waals surface area contributed by atoms with Gasteiger partial charge in [0.15, 0.2) is 0 Å². The van der Waals surface area contributed by atoms with Crippen molar-refractivity contribution in [3.05, 3.63) is 58.7 Å². The maximum Gasteiger partial charge on any atom is 0.241 e. The molecule has 2 aromatic carbocycles. The van der Waals surface area contributed by atoms with E-state index >= 15 is 0 Å². The van der Waals surface area contributed by atoms with Crippen LogP contribution in [0.4, 0.5) is 11.4 Å². The molecular formula is C27H30ClN5O3. The summed E-state index contributed by atoms with van der Waals surface area (Å²) in [6, 6.07) is 13.1. The molecule has 36 heavy (non-hydrogen) atoms. The van der Waals surface area contributed by atoms with Gasteiger partial charge >= 0.3 is 0 Å². The van der Waals surface area contributed by atoms with E-state index in [4.69, 9.17) is 21.3 Å². The number of anilines is 2. The van der Waals surface area contributed by atoms with E-state index in [-0.39, 0.29) is 24.9 Å². The number of carbonyl (C=O) groups is 2. The van der Waals surface area contributed by atoms with Gasteiger partial charge in [0.25, 0.3) is 0 Å². The summed E-state index contributed by atoms with van der Waals surface area (Å²) in [5, 5.41) is 7.87. The number of nitrogens with zero attached hydrogens (tertiary/aromatic N) is 3. The number of halogens is 1. The van der Waals surface area contributed by atoms with Gasteiger partial charge in [-0.15, -0.1) is 0 Å². The van der Waals surface area contributed by atoms with E-state index in [1.807, 2.05) is 29.2 Å². The predicted octanol–water partition coefficient (Wildman–Crippen LogP) is 3.93. The molecule has 0 saturated carbocycles. The van der Waals surface area contributed by atoms with Crippen LogP contribution in [0.25, 0.3) is 10.9 Å². The lowest BCUT2D eigenvalue weighted by atomic mass is 9.99. The van der Waals surface area contributed by atoms with E-state index in [0.29, 0.717) is 29.5 Å². The van der Waals surface area contributed by atoms with Crippen LogP contribution in [-0.4, -0.2) is 66.4 Å². The summed E-state index contributed by atoms with van der Waals surface area (Å²) in [6.45, 7) is 3.40. The number of carbonyl (C=O) groups excluding carboxylic acids is 2. The summed E-state index contributed by atoms with van der Waals surface area (Å²) in [4.78, 5) is 34.6. The minimum Gasteiger partial charge on any atom is -0.495 e. The Kier molecular flexibility index (Phi) is 7.25. The van der Waals surface area contributed by atoms with Crippen molar-refractivity contribution in [2.75, 3.05) is 50.5 Å². The number of fused-ring (bicyclic) bond motifs is 2. The second-order valence-corrected chi connectivity index (χ2v) is 9.66. The molecule has 0 radical (unpaired) electrons. The van der Waals surface area contributed by atoms with Crippen LogP contribution in [-0.2, 0) is 22.6 Å². The maximum absolute atomic E-state index is 12.9. The molecule has 2 aliphatic heterocycles. The van der Waals surface area contributed by atoms with Gasteiger partial charge in [-0.1, -0.05) is 29.8 Å². The molecule has 2 amide bonds. The number of likely N-dealkylation sites (tertiary alicyclic amines) is 1. The van der Waals surface area contributed by atoms with Gasteiger partial charge < -0.3 is 20.3 Å². The average Bonchev–Trinajstić information content (AvgIpc) is 3.42. The van der Waals surface area contributed by atoms with Crippen molar-refractivity contribution in [3.63, 3.8) is 0 Å². The van der Waals surface area contributed by atoms with Crippen LogP contribution < -0.4 is 15.4 Å². The summed E-state index contributed by atoms with van der Waals surface area (Å²) >= 11 is 6.11. The normalized spacial score (nSPS) is 15.6. The molecule has 2 N–H and O–H groups in total. The molecule has 0 atom stereocenters. The number of ether oxygens (including phenoxy) is 1. The minimum atomic E-state index is -0.147. The number of aromatic nitrogens is 1. The SMILES string of the molecule is COc1ccc(Cl)cc1NC(=O)CN1CCc2nc3ccccc3c(NCC(=O)N3CCCC3)c2C1. The Hall–Kier alpha value is -3.36. The topological polar surface area (TPSA) is 86.8 Å². The van der Waals surface area contributed by atoms with Crippen LogP contribution in [0.2, 0.25) is 5.02 Å². The number of hydrogen-bond acceptors (Lipinski definition) is 6. The number of methoxy groups -OCH3 is 1. The number of benzene rings is 2. The third-order valence-electron chi connectivity index (χ3n) is 6.80. The zero-order chi connectivity index (χ0) is 25.1. The Balaban J connectivity index is 1.34.